The Kier molecular flexibility index (Phi) is 4.52. The summed E-state index contributed by atoms with van der Waals surface area (Å²) in [6.07, 6.45) is 6.72. The molecule has 1 atom stereocenters. The third-order valence-corrected chi connectivity index (χ3v) is 5.69. The van der Waals surface area contributed by atoms with Gasteiger partial charge in [-0.3, -0.25) is 4.79 Å². The van der Waals surface area contributed by atoms with Crippen molar-refractivity contribution in [1.29, 1.82) is 0 Å². The molecule has 0 radical (unpaired) electrons. The SMILES string of the molecule is COc1cccc2c(-c3cn(Cc4cccn(C(C)C5(O)C=C5)c4=O)nn3)nc(N)nc12. The topological polar surface area (TPSA) is 134 Å². The zero-order valence-corrected chi connectivity index (χ0v) is 17.5. The monoisotopic (exact) mass is 431 g/mol. The van der Waals surface area contributed by atoms with Crippen LogP contribution in [0.25, 0.3) is 22.3 Å². The molecule has 10 heteroatoms. The highest BCUT2D eigenvalue weighted by atomic mass is 16.5. The van der Waals surface area contributed by atoms with Crippen LogP contribution in [-0.4, -0.2) is 47.3 Å². The molecule has 1 aliphatic rings. The molecule has 1 aromatic carbocycles. The van der Waals surface area contributed by atoms with E-state index in [0.29, 0.717) is 28.2 Å². The Morgan fingerprint density at radius 3 is 2.78 bits per heavy atom. The van der Waals surface area contributed by atoms with E-state index in [0.717, 1.165) is 5.39 Å². The first-order valence-electron chi connectivity index (χ1n) is 10.0. The largest absolute Gasteiger partial charge is 0.494 e. The predicted molar refractivity (Wildman–Crippen MR) is 118 cm³/mol. The second-order valence-corrected chi connectivity index (χ2v) is 7.73. The number of pyridine rings is 1. The van der Waals surface area contributed by atoms with Crippen molar-refractivity contribution in [3.05, 3.63) is 70.8 Å². The van der Waals surface area contributed by atoms with Crippen LogP contribution in [0.4, 0.5) is 5.95 Å². The van der Waals surface area contributed by atoms with E-state index < -0.39 is 11.6 Å². The van der Waals surface area contributed by atoms with E-state index in [1.807, 2.05) is 12.1 Å². The van der Waals surface area contributed by atoms with Crippen molar-refractivity contribution in [1.82, 2.24) is 29.5 Å². The Bertz CT molecular complexity index is 1420. The molecule has 0 saturated heterocycles. The molecular formula is C22H21N7O3. The number of para-hydroxylation sites is 1. The molecule has 0 amide bonds. The van der Waals surface area contributed by atoms with Crippen LogP contribution in [0.5, 0.6) is 5.75 Å². The molecule has 0 spiro atoms. The van der Waals surface area contributed by atoms with Crippen molar-refractivity contribution in [3.63, 3.8) is 0 Å². The first-order chi connectivity index (χ1) is 15.4. The van der Waals surface area contributed by atoms with Gasteiger partial charge in [-0.1, -0.05) is 23.4 Å². The van der Waals surface area contributed by atoms with Gasteiger partial charge in [-0.05, 0) is 31.2 Å². The van der Waals surface area contributed by atoms with Crippen molar-refractivity contribution < 1.29 is 9.84 Å². The Labute approximate surface area is 182 Å². The molecule has 1 aliphatic carbocycles. The molecule has 5 rings (SSSR count). The van der Waals surface area contributed by atoms with Crippen molar-refractivity contribution in [3.8, 4) is 17.1 Å². The van der Waals surface area contributed by atoms with E-state index in [1.54, 1.807) is 61.5 Å². The van der Waals surface area contributed by atoms with E-state index in [-0.39, 0.29) is 18.1 Å². The second kappa shape index (κ2) is 7.27. The molecule has 10 nitrogen and oxygen atoms in total. The predicted octanol–water partition coefficient (Wildman–Crippen LogP) is 1.55. The van der Waals surface area contributed by atoms with Gasteiger partial charge in [0, 0.05) is 17.1 Å². The zero-order chi connectivity index (χ0) is 22.5. The number of aromatic nitrogens is 6. The smallest absolute Gasteiger partial charge is 0.255 e. The summed E-state index contributed by atoms with van der Waals surface area (Å²) in [7, 11) is 1.56. The lowest BCUT2D eigenvalue weighted by Gasteiger charge is -2.21. The molecule has 1 unspecified atom stereocenters. The summed E-state index contributed by atoms with van der Waals surface area (Å²) in [4.78, 5) is 21.6. The highest BCUT2D eigenvalue weighted by molar-refractivity contribution is 5.95. The van der Waals surface area contributed by atoms with Crippen LogP contribution in [-0.2, 0) is 6.54 Å². The maximum absolute atomic E-state index is 13.0. The minimum atomic E-state index is -1.04. The molecule has 0 saturated carbocycles. The van der Waals surface area contributed by atoms with Gasteiger partial charge < -0.3 is 20.1 Å². The van der Waals surface area contributed by atoms with Crippen LogP contribution >= 0.6 is 0 Å². The van der Waals surface area contributed by atoms with Gasteiger partial charge in [0.25, 0.3) is 5.56 Å². The van der Waals surface area contributed by atoms with Gasteiger partial charge in [0.2, 0.25) is 5.95 Å². The van der Waals surface area contributed by atoms with Crippen LogP contribution < -0.4 is 16.0 Å². The number of nitrogens with zero attached hydrogens (tertiary/aromatic N) is 6. The fourth-order valence-corrected chi connectivity index (χ4v) is 3.73. The van der Waals surface area contributed by atoms with Gasteiger partial charge in [-0.15, -0.1) is 5.10 Å². The van der Waals surface area contributed by atoms with E-state index in [2.05, 4.69) is 20.3 Å². The van der Waals surface area contributed by atoms with Gasteiger partial charge >= 0.3 is 0 Å². The number of anilines is 1. The first-order valence-corrected chi connectivity index (χ1v) is 10.0. The van der Waals surface area contributed by atoms with E-state index >= 15 is 0 Å². The summed E-state index contributed by atoms with van der Waals surface area (Å²) in [5.74, 6) is 0.675. The van der Waals surface area contributed by atoms with Crippen molar-refractivity contribution in [2.45, 2.75) is 25.1 Å². The zero-order valence-electron chi connectivity index (χ0n) is 17.5. The van der Waals surface area contributed by atoms with Crippen molar-refractivity contribution in [2.24, 2.45) is 0 Å². The normalized spacial score (nSPS) is 15.1. The third-order valence-electron chi connectivity index (χ3n) is 5.69. The van der Waals surface area contributed by atoms with Gasteiger partial charge in [0.15, 0.2) is 0 Å². The lowest BCUT2D eigenvalue weighted by molar-refractivity contribution is 0.120. The van der Waals surface area contributed by atoms with Crippen LogP contribution in [0.3, 0.4) is 0 Å². The average molecular weight is 431 g/mol. The molecule has 162 valence electrons. The highest BCUT2D eigenvalue weighted by Crippen LogP contribution is 2.34. The Balaban J connectivity index is 1.49. The minimum absolute atomic E-state index is 0.0955. The molecule has 3 N–H and O–H groups in total. The number of hydrogen-bond acceptors (Lipinski definition) is 8. The molecule has 0 aliphatic heterocycles. The van der Waals surface area contributed by atoms with Gasteiger partial charge in [0.05, 0.1) is 25.9 Å². The average Bonchev–Trinajstić information content (AvgIpc) is 3.37. The number of rotatable bonds is 6. The fraction of sp³-hybridized carbons (Fsp3) is 0.227. The first kappa shape index (κ1) is 19.9. The van der Waals surface area contributed by atoms with Gasteiger partial charge in [-0.25, -0.2) is 14.6 Å². The van der Waals surface area contributed by atoms with Crippen LogP contribution in [0, 0.1) is 0 Å². The summed E-state index contributed by atoms with van der Waals surface area (Å²) < 4.78 is 8.47. The van der Waals surface area contributed by atoms with Crippen LogP contribution in [0.2, 0.25) is 0 Å². The molecule has 3 aromatic heterocycles. The summed E-state index contributed by atoms with van der Waals surface area (Å²) in [6.45, 7) is 2.02. The molecule has 4 aromatic rings. The maximum atomic E-state index is 13.0. The van der Waals surface area contributed by atoms with E-state index in [9.17, 15) is 9.90 Å². The van der Waals surface area contributed by atoms with Crippen LogP contribution in [0.15, 0.2) is 59.7 Å². The summed E-state index contributed by atoms with van der Waals surface area (Å²) in [5.41, 5.74) is 6.81. The lowest BCUT2D eigenvalue weighted by atomic mass is 10.1. The van der Waals surface area contributed by atoms with E-state index in [4.69, 9.17) is 10.5 Å². The molecule has 32 heavy (non-hydrogen) atoms. The fourth-order valence-electron chi connectivity index (χ4n) is 3.73. The second-order valence-electron chi connectivity index (χ2n) is 7.73. The van der Waals surface area contributed by atoms with E-state index in [1.165, 1.54) is 4.57 Å². The number of fused-ring (bicyclic) bond motifs is 1. The molecule has 3 heterocycles. The Morgan fingerprint density at radius 1 is 1.22 bits per heavy atom. The Hall–Kier alpha value is -4.05. The number of benzene rings is 1. The van der Waals surface area contributed by atoms with Crippen LogP contribution in [0.1, 0.15) is 18.5 Å². The quantitative estimate of drug-likeness (QED) is 0.439. The number of methoxy groups -OCH3 is 1. The standard InChI is InChI=1S/C22H21N7O3/c1-13(22(31)8-9-22)29-10-4-5-14(20(29)30)11-28-12-16(26-27-28)18-15-6-3-7-17(32-2)19(15)25-21(23)24-18/h3-10,12-13,31H,11H2,1-2H3,(H2,23,24,25). The highest BCUT2D eigenvalue weighted by Gasteiger charge is 2.39. The van der Waals surface area contributed by atoms with Gasteiger partial charge in [0.1, 0.15) is 28.3 Å². The Morgan fingerprint density at radius 2 is 2.03 bits per heavy atom. The third kappa shape index (κ3) is 3.30. The number of aliphatic hydroxyl groups is 1. The lowest BCUT2D eigenvalue weighted by Crippen LogP contribution is -2.34. The van der Waals surface area contributed by atoms with Crippen molar-refractivity contribution in [2.75, 3.05) is 12.8 Å². The van der Waals surface area contributed by atoms with Crippen molar-refractivity contribution >= 4 is 16.9 Å². The molecular weight excluding hydrogens is 410 g/mol. The number of ether oxygens (including phenoxy) is 1. The minimum Gasteiger partial charge on any atom is -0.494 e. The summed E-state index contributed by atoms with van der Waals surface area (Å²) in [6, 6.07) is 8.61. The van der Waals surface area contributed by atoms with Gasteiger partial charge in [-0.2, -0.15) is 0 Å². The number of nitrogen functional groups attached to an aromatic ring is 1. The number of hydrogen-bond donors (Lipinski definition) is 2. The molecule has 0 bridgehead atoms. The summed E-state index contributed by atoms with van der Waals surface area (Å²) in [5, 5.41) is 19.4. The molecule has 0 fully saturated rings. The maximum Gasteiger partial charge on any atom is 0.255 e. The number of nitrogens with two attached hydrogens (primary N) is 1. The summed E-state index contributed by atoms with van der Waals surface area (Å²) >= 11 is 0.